The molecular weight excluding hydrogens is 257 g/mol. The van der Waals surface area contributed by atoms with Crippen LogP contribution in [0.1, 0.15) is 11.0 Å². The van der Waals surface area contributed by atoms with E-state index in [1.165, 1.54) is 24.4 Å². The van der Waals surface area contributed by atoms with Gasteiger partial charge in [-0.05, 0) is 18.2 Å². The fraction of sp³-hybridized carbons (Fsp3) is 0.0909. The molecule has 0 aliphatic carbocycles. The first-order valence-corrected chi connectivity index (χ1v) is 5.83. The number of nitrogens with one attached hydrogen (secondary N) is 1. The van der Waals surface area contributed by atoms with E-state index in [1.54, 1.807) is 0 Å². The molecule has 1 heterocycles. The second-order valence-electron chi connectivity index (χ2n) is 3.50. The molecule has 0 spiro atoms. The first-order valence-electron chi connectivity index (χ1n) is 5.02. The van der Waals surface area contributed by atoms with Crippen molar-refractivity contribution >= 4 is 28.1 Å². The van der Waals surface area contributed by atoms with Crippen LogP contribution in [0.25, 0.3) is 0 Å². The van der Waals surface area contributed by atoms with Gasteiger partial charge >= 0.3 is 0 Å². The van der Waals surface area contributed by atoms with Gasteiger partial charge in [0, 0.05) is 11.9 Å². The summed E-state index contributed by atoms with van der Waals surface area (Å²) >= 11 is 1.02. The number of anilines is 2. The number of aliphatic hydroxyl groups is 1. The molecule has 0 bridgehead atoms. The van der Waals surface area contributed by atoms with Crippen LogP contribution >= 0.6 is 11.3 Å². The van der Waals surface area contributed by atoms with E-state index < -0.39 is 17.8 Å². The second kappa shape index (κ2) is 5.11. The average Bonchev–Trinajstić information content (AvgIpc) is 2.75. The molecule has 5 nitrogen and oxygen atoms in total. The number of aromatic nitrogens is 1. The number of nitrogens with zero attached hydrogens (tertiary/aromatic N) is 1. The van der Waals surface area contributed by atoms with Crippen molar-refractivity contribution in [3.05, 3.63) is 41.2 Å². The Labute approximate surface area is 106 Å². The van der Waals surface area contributed by atoms with Gasteiger partial charge in [-0.1, -0.05) is 17.4 Å². The minimum absolute atomic E-state index is 0.266. The Morgan fingerprint density at radius 2 is 2.33 bits per heavy atom. The van der Waals surface area contributed by atoms with Gasteiger partial charge in [0.05, 0.1) is 4.88 Å². The molecule has 1 unspecified atom stereocenters. The van der Waals surface area contributed by atoms with Crippen LogP contribution < -0.4 is 11.1 Å². The lowest BCUT2D eigenvalue weighted by molar-refractivity contribution is -0.124. The molecule has 1 amide bonds. The largest absolute Gasteiger partial charge is 0.378 e. The summed E-state index contributed by atoms with van der Waals surface area (Å²) in [6.07, 6.45) is -0.0430. The van der Waals surface area contributed by atoms with Crippen LogP contribution in [0, 0.1) is 5.82 Å². The van der Waals surface area contributed by atoms with Crippen LogP contribution in [0.4, 0.5) is 15.2 Å². The molecule has 18 heavy (non-hydrogen) atoms. The van der Waals surface area contributed by atoms with Gasteiger partial charge in [0.1, 0.15) is 5.82 Å². The van der Waals surface area contributed by atoms with Gasteiger partial charge < -0.3 is 16.2 Å². The maximum Gasteiger partial charge on any atom is 0.258 e. The molecule has 2 aromatic rings. The monoisotopic (exact) mass is 267 g/mol. The lowest BCUT2D eigenvalue weighted by atomic mass is 10.2. The van der Waals surface area contributed by atoms with E-state index in [1.807, 2.05) is 0 Å². The normalized spacial score (nSPS) is 12.1. The van der Waals surface area contributed by atoms with Crippen molar-refractivity contribution < 1.29 is 14.3 Å². The molecule has 94 valence electrons. The number of aliphatic hydroxyl groups excluding tert-OH is 1. The predicted molar refractivity (Wildman–Crippen MR) is 66.5 cm³/mol. The SMILES string of the molecule is Nc1ncc(C(O)C(=O)Nc2cccc(F)c2)s1. The van der Waals surface area contributed by atoms with Gasteiger partial charge in [0.25, 0.3) is 5.91 Å². The smallest absolute Gasteiger partial charge is 0.258 e. The van der Waals surface area contributed by atoms with E-state index in [0.717, 1.165) is 17.4 Å². The molecule has 0 aliphatic heterocycles. The van der Waals surface area contributed by atoms with Gasteiger partial charge in [-0.2, -0.15) is 0 Å². The summed E-state index contributed by atoms with van der Waals surface area (Å²) in [4.78, 5) is 15.8. The molecule has 2 rings (SSSR count). The summed E-state index contributed by atoms with van der Waals surface area (Å²) in [6.45, 7) is 0. The highest BCUT2D eigenvalue weighted by atomic mass is 32.1. The standard InChI is InChI=1S/C11H10FN3O2S/c12-6-2-1-3-7(4-6)15-10(17)9(16)8-5-14-11(13)18-8/h1-5,9,16H,(H2,13,14)(H,15,17). The van der Waals surface area contributed by atoms with Crippen LogP contribution in [-0.2, 0) is 4.79 Å². The highest BCUT2D eigenvalue weighted by Crippen LogP contribution is 2.23. The summed E-state index contributed by atoms with van der Waals surface area (Å²) in [5, 5.41) is 12.4. The molecule has 0 saturated carbocycles. The minimum atomic E-state index is -1.37. The minimum Gasteiger partial charge on any atom is -0.378 e. The van der Waals surface area contributed by atoms with E-state index in [0.29, 0.717) is 4.88 Å². The van der Waals surface area contributed by atoms with Crippen molar-refractivity contribution in [2.45, 2.75) is 6.10 Å². The Kier molecular flexibility index (Phi) is 3.54. The zero-order valence-electron chi connectivity index (χ0n) is 9.13. The van der Waals surface area contributed by atoms with E-state index in [-0.39, 0.29) is 10.8 Å². The Morgan fingerprint density at radius 3 is 2.94 bits per heavy atom. The number of benzene rings is 1. The summed E-state index contributed by atoms with van der Waals surface area (Å²) in [6, 6.07) is 5.40. The van der Waals surface area contributed by atoms with Crippen molar-refractivity contribution in [1.82, 2.24) is 4.98 Å². The lowest BCUT2D eigenvalue weighted by Crippen LogP contribution is -2.20. The number of carbonyl (C=O) groups is 1. The fourth-order valence-electron chi connectivity index (χ4n) is 1.33. The van der Waals surface area contributed by atoms with Gasteiger partial charge in [-0.25, -0.2) is 9.37 Å². The lowest BCUT2D eigenvalue weighted by Gasteiger charge is -2.09. The Balaban J connectivity index is 2.08. The van der Waals surface area contributed by atoms with Crippen LogP contribution in [0.3, 0.4) is 0 Å². The number of halogens is 1. The number of hydrogen-bond acceptors (Lipinski definition) is 5. The number of nitrogens with two attached hydrogens (primary N) is 1. The number of carbonyl (C=O) groups excluding carboxylic acids is 1. The Morgan fingerprint density at radius 1 is 1.56 bits per heavy atom. The van der Waals surface area contributed by atoms with E-state index in [9.17, 15) is 14.3 Å². The topological polar surface area (TPSA) is 88.2 Å². The number of hydrogen-bond donors (Lipinski definition) is 3. The fourth-order valence-corrected chi connectivity index (χ4v) is 2.00. The van der Waals surface area contributed by atoms with Gasteiger partial charge in [-0.3, -0.25) is 4.79 Å². The van der Waals surface area contributed by atoms with E-state index >= 15 is 0 Å². The quantitative estimate of drug-likeness (QED) is 0.787. The maximum atomic E-state index is 12.9. The average molecular weight is 267 g/mol. The highest BCUT2D eigenvalue weighted by molar-refractivity contribution is 7.15. The molecule has 1 aromatic heterocycles. The zero-order valence-corrected chi connectivity index (χ0v) is 9.95. The highest BCUT2D eigenvalue weighted by Gasteiger charge is 2.19. The molecule has 7 heteroatoms. The number of nitrogen functional groups attached to an aromatic ring is 1. The van der Waals surface area contributed by atoms with Gasteiger partial charge in [-0.15, -0.1) is 0 Å². The Bertz CT molecular complexity index is 573. The number of amides is 1. The number of thiazole rings is 1. The second-order valence-corrected chi connectivity index (χ2v) is 4.60. The molecular formula is C11H10FN3O2S. The van der Waals surface area contributed by atoms with Crippen LogP contribution in [0.5, 0.6) is 0 Å². The van der Waals surface area contributed by atoms with E-state index in [4.69, 9.17) is 5.73 Å². The molecule has 0 fully saturated rings. The summed E-state index contributed by atoms with van der Waals surface area (Å²) in [5.41, 5.74) is 5.68. The molecule has 4 N–H and O–H groups in total. The predicted octanol–water partition coefficient (Wildman–Crippen LogP) is 1.54. The summed E-state index contributed by atoms with van der Waals surface area (Å²) < 4.78 is 12.9. The van der Waals surface area contributed by atoms with Crippen LogP contribution in [0.2, 0.25) is 0 Å². The van der Waals surface area contributed by atoms with Crippen LogP contribution in [0.15, 0.2) is 30.5 Å². The zero-order chi connectivity index (χ0) is 13.1. The van der Waals surface area contributed by atoms with Crippen LogP contribution in [-0.4, -0.2) is 16.0 Å². The third-order valence-corrected chi connectivity index (χ3v) is 3.03. The molecule has 0 radical (unpaired) electrons. The Hall–Kier alpha value is -1.99. The third-order valence-electron chi connectivity index (χ3n) is 2.15. The third kappa shape index (κ3) is 2.82. The van der Waals surface area contributed by atoms with E-state index in [2.05, 4.69) is 10.3 Å². The van der Waals surface area contributed by atoms with Gasteiger partial charge in [0.2, 0.25) is 0 Å². The number of rotatable bonds is 3. The van der Waals surface area contributed by atoms with Crippen molar-refractivity contribution in [1.29, 1.82) is 0 Å². The van der Waals surface area contributed by atoms with Crippen molar-refractivity contribution in [3.63, 3.8) is 0 Å². The van der Waals surface area contributed by atoms with Crippen molar-refractivity contribution in [3.8, 4) is 0 Å². The molecule has 1 atom stereocenters. The molecule has 0 saturated heterocycles. The van der Waals surface area contributed by atoms with Gasteiger partial charge in [0.15, 0.2) is 11.2 Å². The molecule has 1 aromatic carbocycles. The van der Waals surface area contributed by atoms with Crippen molar-refractivity contribution in [2.75, 3.05) is 11.1 Å². The first-order chi connectivity index (χ1) is 8.56. The first kappa shape index (κ1) is 12.5. The van der Waals surface area contributed by atoms with Crippen molar-refractivity contribution in [2.24, 2.45) is 0 Å². The molecule has 0 aliphatic rings. The maximum absolute atomic E-state index is 12.9. The summed E-state index contributed by atoms with van der Waals surface area (Å²) in [5.74, 6) is -1.13. The summed E-state index contributed by atoms with van der Waals surface area (Å²) in [7, 11) is 0.